The van der Waals surface area contributed by atoms with E-state index in [0.717, 1.165) is 17.3 Å². The molecule has 1 aliphatic heterocycles. The van der Waals surface area contributed by atoms with Gasteiger partial charge in [0.05, 0.1) is 19.3 Å². The maximum absolute atomic E-state index is 14.5. The number of ether oxygens (including phenoxy) is 1. The SMILES string of the molecule is C=NCc1cncc(Cn2cc(F)c(C(=O)N[C@H]3COc4cccnc4N(C)C3=O)n2)c1. The van der Waals surface area contributed by atoms with Gasteiger partial charge in [-0.1, -0.05) is 0 Å². The Kier molecular flexibility index (Phi) is 5.88. The van der Waals surface area contributed by atoms with E-state index < -0.39 is 29.4 Å². The van der Waals surface area contributed by atoms with Crippen LogP contribution < -0.4 is 15.0 Å². The lowest BCUT2D eigenvalue weighted by Gasteiger charge is -2.19. The van der Waals surface area contributed by atoms with Crippen molar-refractivity contribution >= 4 is 24.3 Å². The fourth-order valence-electron chi connectivity index (χ4n) is 3.32. The average Bonchev–Trinajstić information content (AvgIpc) is 3.10. The predicted molar refractivity (Wildman–Crippen MR) is 113 cm³/mol. The van der Waals surface area contributed by atoms with Crippen molar-refractivity contribution in [1.82, 2.24) is 25.1 Å². The maximum atomic E-state index is 14.5. The lowest BCUT2D eigenvalue weighted by atomic mass is 10.2. The van der Waals surface area contributed by atoms with E-state index in [4.69, 9.17) is 4.74 Å². The minimum Gasteiger partial charge on any atom is -0.487 e. The summed E-state index contributed by atoms with van der Waals surface area (Å²) in [5.74, 6) is -1.31. The highest BCUT2D eigenvalue weighted by molar-refractivity contribution is 6.02. The zero-order valence-electron chi connectivity index (χ0n) is 17.2. The number of amides is 2. The number of likely N-dealkylation sites (N-methyl/N-ethyl adjacent to an activating group) is 1. The molecule has 4 rings (SSSR count). The zero-order chi connectivity index (χ0) is 22.7. The van der Waals surface area contributed by atoms with Crippen LogP contribution in [0.25, 0.3) is 0 Å². The summed E-state index contributed by atoms with van der Waals surface area (Å²) in [6.07, 6.45) is 5.93. The van der Waals surface area contributed by atoms with Crippen LogP contribution in [0.3, 0.4) is 0 Å². The summed E-state index contributed by atoms with van der Waals surface area (Å²) in [5.41, 5.74) is 1.20. The zero-order valence-corrected chi connectivity index (χ0v) is 17.2. The number of carbonyl (C=O) groups excluding carboxylic acids is 2. The molecule has 1 N–H and O–H groups in total. The first kappa shape index (κ1) is 21.1. The van der Waals surface area contributed by atoms with Crippen LogP contribution in [-0.2, 0) is 17.9 Å². The Morgan fingerprint density at radius 1 is 1.41 bits per heavy atom. The number of pyridine rings is 2. The molecule has 0 spiro atoms. The average molecular weight is 437 g/mol. The Morgan fingerprint density at radius 3 is 3.03 bits per heavy atom. The molecule has 0 aliphatic carbocycles. The van der Waals surface area contributed by atoms with Crippen LogP contribution >= 0.6 is 0 Å². The highest BCUT2D eigenvalue weighted by Crippen LogP contribution is 2.27. The Bertz CT molecular complexity index is 1180. The van der Waals surface area contributed by atoms with E-state index in [-0.39, 0.29) is 13.2 Å². The van der Waals surface area contributed by atoms with Gasteiger partial charge in [-0.05, 0) is 36.0 Å². The summed E-state index contributed by atoms with van der Waals surface area (Å²) in [6.45, 7) is 3.95. The lowest BCUT2D eigenvalue weighted by molar-refractivity contribution is -0.120. The topological polar surface area (TPSA) is 115 Å². The molecule has 3 aromatic heterocycles. The van der Waals surface area contributed by atoms with Crippen molar-refractivity contribution < 1.29 is 18.7 Å². The van der Waals surface area contributed by atoms with Gasteiger partial charge in [-0.2, -0.15) is 5.10 Å². The Labute approximate surface area is 182 Å². The second-order valence-corrected chi connectivity index (χ2v) is 7.17. The van der Waals surface area contributed by atoms with E-state index in [2.05, 4.69) is 32.1 Å². The highest BCUT2D eigenvalue weighted by Gasteiger charge is 2.32. The van der Waals surface area contributed by atoms with Gasteiger partial charge in [0.1, 0.15) is 12.6 Å². The monoisotopic (exact) mass is 437 g/mol. The van der Waals surface area contributed by atoms with Crippen LogP contribution in [0.1, 0.15) is 21.6 Å². The van der Waals surface area contributed by atoms with Crippen molar-refractivity contribution in [2.24, 2.45) is 4.99 Å². The molecule has 0 unspecified atom stereocenters. The van der Waals surface area contributed by atoms with Crippen molar-refractivity contribution in [3.8, 4) is 5.75 Å². The molecule has 0 saturated heterocycles. The summed E-state index contributed by atoms with van der Waals surface area (Å²) in [7, 11) is 1.53. The minimum atomic E-state index is -1.03. The van der Waals surface area contributed by atoms with Crippen molar-refractivity contribution in [3.63, 3.8) is 0 Å². The normalized spacial score (nSPS) is 15.5. The van der Waals surface area contributed by atoms with Crippen molar-refractivity contribution in [3.05, 3.63) is 65.6 Å². The Balaban J connectivity index is 1.47. The quantitative estimate of drug-likeness (QED) is 0.580. The van der Waals surface area contributed by atoms with Crippen molar-refractivity contribution in [2.75, 3.05) is 18.6 Å². The van der Waals surface area contributed by atoms with Gasteiger partial charge < -0.3 is 10.1 Å². The van der Waals surface area contributed by atoms with E-state index >= 15 is 0 Å². The third-order valence-corrected chi connectivity index (χ3v) is 4.83. The number of aromatic nitrogens is 4. The second kappa shape index (κ2) is 8.92. The predicted octanol–water partition coefficient (Wildman–Crippen LogP) is 1.21. The highest BCUT2D eigenvalue weighted by atomic mass is 19.1. The first-order valence-corrected chi connectivity index (χ1v) is 9.70. The maximum Gasteiger partial charge on any atom is 0.275 e. The molecule has 10 nitrogen and oxygen atoms in total. The number of halogens is 1. The molecular weight excluding hydrogens is 417 g/mol. The molecule has 0 saturated carbocycles. The first-order valence-electron chi connectivity index (χ1n) is 9.70. The summed E-state index contributed by atoms with van der Waals surface area (Å²) in [6, 6.07) is 4.17. The largest absolute Gasteiger partial charge is 0.487 e. The number of nitrogens with one attached hydrogen (secondary N) is 1. The fourth-order valence-corrected chi connectivity index (χ4v) is 3.32. The number of fused-ring (bicyclic) bond motifs is 1. The van der Waals surface area contributed by atoms with E-state index in [0.29, 0.717) is 18.1 Å². The van der Waals surface area contributed by atoms with Crippen LogP contribution in [0.5, 0.6) is 5.75 Å². The van der Waals surface area contributed by atoms with Gasteiger partial charge in [0.2, 0.25) is 0 Å². The van der Waals surface area contributed by atoms with Gasteiger partial charge in [0.15, 0.2) is 23.1 Å². The minimum absolute atomic E-state index is 0.119. The molecule has 0 aromatic carbocycles. The van der Waals surface area contributed by atoms with Gasteiger partial charge in [0, 0.05) is 25.6 Å². The molecule has 11 heteroatoms. The van der Waals surface area contributed by atoms with Crippen LogP contribution in [0.15, 0.2) is 48.0 Å². The van der Waals surface area contributed by atoms with Gasteiger partial charge in [-0.3, -0.25) is 29.1 Å². The van der Waals surface area contributed by atoms with E-state index in [1.807, 2.05) is 6.07 Å². The number of anilines is 1. The van der Waals surface area contributed by atoms with Gasteiger partial charge >= 0.3 is 0 Å². The molecule has 1 aliphatic rings. The fraction of sp³-hybridized carbons (Fsp3) is 0.238. The smallest absolute Gasteiger partial charge is 0.275 e. The number of nitrogens with zero attached hydrogens (tertiary/aromatic N) is 6. The van der Waals surface area contributed by atoms with Crippen molar-refractivity contribution in [2.45, 2.75) is 19.1 Å². The number of hydrogen-bond acceptors (Lipinski definition) is 7. The molecule has 2 amide bonds. The van der Waals surface area contributed by atoms with Gasteiger partial charge in [0.25, 0.3) is 11.8 Å². The van der Waals surface area contributed by atoms with E-state index in [9.17, 15) is 14.0 Å². The third kappa shape index (κ3) is 4.31. The molecule has 1 atom stereocenters. The molecule has 3 aromatic rings. The van der Waals surface area contributed by atoms with Gasteiger partial charge in [-0.15, -0.1) is 0 Å². The summed E-state index contributed by atoms with van der Waals surface area (Å²) in [4.78, 5) is 38.8. The Morgan fingerprint density at radius 2 is 2.22 bits per heavy atom. The molecular formula is C21H20FN7O3. The number of rotatable bonds is 6. The lowest BCUT2D eigenvalue weighted by Crippen LogP contribution is -2.49. The van der Waals surface area contributed by atoms with Crippen molar-refractivity contribution in [1.29, 1.82) is 0 Å². The number of hydrogen-bond donors (Lipinski definition) is 1. The second-order valence-electron chi connectivity index (χ2n) is 7.17. The first-order chi connectivity index (χ1) is 15.5. The van der Waals surface area contributed by atoms with Crippen LogP contribution in [0.4, 0.5) is 10.2 Å². The van der Waals surface area contributed by atoms with Crippen LogP contribution in [0.2, 0.25) is 0 Å². The molecule has 32 heavy (non-hydrogen) atoms. The molecule has 164 valence electrons. The standard InChI is InChI=1S/C21H20FN7O3/c1-23-7-13-6-14(9-24-8-13)10-29-11-15(22)18(27-29)20(30)26-16-12-32-17-4-3-5-25-19(17)28(2)21(16)31/h3-6,8-9,11,16H,1,7,10,12H2,2H3,(H,26,30)/t16-/m0/s1. The molecule has 0 fully saturated rings. The third-order valence-electron chi connectivity index (χ3n) is 4.83. The van der Waals surface area contributed by atoms with E-state index in [1.165, 1.54) is 22.8 Å². The van der Waals surface area contributed by atoms with Crippen LogP contribution in [-0.4, -0.2) is 58.0 Å². The summed E-state index contributed by atoms with van der Waals surface area (Å²) >= 11 is 0. The summed E-state index contributed by atoms with van der Waals surface area (Å²) < 4.78 is 21.4. The van der Waals surface area contributed by atoms with Gasteiger partial charge in [-0.25, -0.2) is 9.37 Å². The number of carbonyl (C=O) groups is 2. The summed E-state index contributed by atoms with van der Waals surface area (Å²) in [5, 5.41) is 6.54. The van der Waals surface area contributed by atoms with Crippen LogP contribution in [0, 0.1) is 5.82 Å². The van der Waals surface area contributed by atoms with E-state index in [1.54, 1.807) is 24.5 Å². The molecule has 0 radical (unpaired) electrons. The molecule has 0 bridgehead atoms. The molecule has 4 heterocycles. The Hall–Kier alpha value is -4.15. The number of aliphatic imine (C=N–C) groups is 1.